The lowest BCUT2D eigenvalue weighted by molar-refractivity contribution is 0.304. The molecule has 0 aliphatic rings. The van der Waals surface area contributed by atoms with Crippen LogP contribution in [0, 0.1) is 13.8 Å². The standard InChI is InChI=1S/C17H21NO/c1-12-6-4-7-13(2)17(12)11-19-16-9-5-8-15(10-16)14(3)18/h4-10,14H,11,18H2,1-3H3. The minimum atomic E-state index is 0.0312. The minimum absolute atomic E-state index is 0.0312. The highest BCUT2D eigenvalue weighted by Crippen LogP contribution is 2.20. The van der Waals surface area contributed by atoms with E-state index in [2.05, 4.69) is 32.0 Å². The van der Waals surface area contributed by atoms with Crippen LogP contribution in [0.2, 0.25) is 0 Å². The Morgan fingerprint density at radius 3 is 2.32 bits per heavy atom. The van der Waals surface area contributed by atoms with Gasteiger partial charge in [-0.25, -0.2) is 0 Å². The van der Waals surface area contributed by atoms with Crippen LogP contribution >= 0.6 is 0 Å². The van der Waals surface area contributed by atoms with Crippen LogP contribution in [-0.2, 0) is 6.61 Å². The predicted octanol–water partition coefficient (Wildman–Crippen LogP) is 3.90. The summed E-state index contributed by atoms with van der Waals surface area (Å²) in [5.74, 6) is 0.873. The van der Waals surface area contributed by atoms with Crippen molar-refractivity contribution in [2.45, 2.75) is 33.4 Å². The van der Waals surface area contributed by atoms with E-state index in [-0.39, 0.29) is 6.04 Å². The maximum absolute atomic E-state index is 5.89. The molecule has 0 amide bonds. The van der Waals surface area contributed by atoms with E-state index in [1.54, 1.807) is 0 Å². The number of aryl methyl sites for hydroxylation is 2. The molecule has 19 heavy (non-hydrogen) atoms. The van der Waals surface area contributed by atoms with Gasteiger partial charge in [0.15, 0.2) is 0 Å². The van der Waals surface area contributed by atoms with Gasteiger partial charge in [0.05, 0.1) is 0 Å². The third-order valence-corrected chi connectivity index (χ3v) is 3.41. The van der Waals surface area contributed by atoms with E-state index in [0.29, 0.717) is 6.61 Å². The average molecular weight is 255 g/mol. The van der Waals surface area contributed by atoms with E-state index in [9.17, 15) is 0 Å². The highest BCUT2D eigenvalue weighted by molar-refractivity contribution is 5.34. The lowest BCUT2D eigenvalue weighted by Crippen LogP contribution is -2.05. The summed E-state index contributed by atoms with van der Waals surface area (Å²) in [6, 6.07) is 14.3. The van der Waals surface area contributed by atoms with Gasteiger partial charge in [-0.2, -0.15) is 0 Å². The Morgan fingerprint density at radius 1 is 1.05 bits per heavy atom. The topological polar surface area (TPSA) is 35.2 Å². The molecule has 0 heterocycles. The Hall–Kier alpha value is -1.80. The molecule has 0 saturated heterocycles. The van der Waals surface area contributed by atoms with Crippen molar-refractivity contribution in [1.29, 1.82) is 0 Å². The van der Waals surface area contributed by atoms with Crippen molar-refractivity contribution in [2.24, 2.45) is 5.73 Å². The highest BCUT2D eigenvalue weighted by Gasteiger charge is 2.05. The molecule has 2 aromatic carbocycles. The molecule has 1 unspecified atom stereocenters. The number of hydrogen-bond acceptors (Lipinski definition) is 2. The zero-order chi connectivity index (χ0) is 13.8. The summed E-state index contributed by atoms with van der Waals surface area (Å²) in [6.07, 6.45) is 0. The summed E-state index contributed by atoms with van der Waals surface area (Å²) in [5.41, 5.74) is 10.8. The summed E-state index contributed by atoms with van der Waals surface area (Å²) in [5, 5.41) is 0. The summed E-state index contributed by atoms with van der Waals surface area (Å²) in [4.78, 5) is 0. The number of rotatable bonds is 4. The third kappa shape index (κ3) is 3.36. The van der Waals surface area contributed by atoms with E-state index in [1.807, 2.05) is 31.2 Å². The first-order chi connectivity index (χ1) is 9.08. The molecule has 0 bridgehead atoms. The molecule has 2 rings (SSSR count). The van der Waals surface area contributed by atoms with Crippen LogP contribution in [-0.4, -0.2) is 0 Å². The first kappa shape index (κ1) is 13.6. The van der Waals surface area contributed by atoms with Gasteiger partial charge in [0.25, 0.3) is 0 Å². The predicted molar refractivity (Wildman–Crippen MR) is 79.3 cm³/mol. The van der Waals surface area contributed by atoms with Gasteiger partial charge in [-0.05, 0) is 55.2 Å². The first-order valence-electron chi connectivity index (χ1n) is 6.61. The Morgan fingerprint density at radius 2 is 1.68 bits per heavy atom. The fraction of sp³-hybridized carbons (Fsp3) is 0.294. The SMILES string of the molecule is Cc1cccc(C)c1COc1cccc(C(C)N)c1. The molecule has 0 aliphatic heterocycles. The quantitative estimate of drug-likeness (QED) is 0.899. The van der Waals surface area contributed by atoms with Crippen molar-refractivity contribution in [3.63, 3.8) is 0 Å². The maximum atomic E-state index is 5.89. The summed E-state index contributed by atoms with van der Waals surface area (Å²) < 4.78 is 5.89. The summed E-state index contributed by atoms with van der Waals surface area (Å²) >= 11 is 0. The van der Waals surface area contributed by atoms with Crippen LogP contribution in [0.3, 0.4) is 0 Å². The smallest absolute Gasteiger partial charge is 0.120 e. The second kappa shape index (κ2) is 5.89. The van der Waals surface area contributed by atoms with Gasteiger partial charge >= 0.3 is 0 Å². The largest absolute Gasteiger partial charge is 0.489 e. The van der Waals surface area contributed by atoms with Crippen LogP contribution in [0.5, 0.6) is 5.75 Å². The molecule has 0 saturated carbocycles. The van der Waals surface area contributed by atoms with Crippen LogP contribution in [0.25, 0.3) is 0 Å². The molecule has 0 aliphatic carbocycles. The molecule has 1 atom stereocenters. The van der Waals surface area contributed by atoms with Crippen LogP contribution in [0.1, 0.15) is 35.2 Å². The van der Waals surface area contributed by atoms with Gasteiger partial charge in [-0.3, -0.25) is 0 Å². The number of hydrogen-bond donors (Lipinski definition) is 1. The van der Waals surface area contributed by atoms with Gasteiger partial charge in [0.1, 0.15) is 12.4 Å². The van der Waals surface area contributed by atoms with Crippen molar-refractivity contribution < 1.29 is 4.74 Å². The number of nitrogens with two attached hydrogens (primary N) is 1. The van der Waals surface area contributed by atoms with Gasteiger partial charge < -0.3 is 10.5 Å². The van der Waals surface area contributed by atoms with Crippen molar-refractivity contribution in [1.82, 2.24) is 0 Å². The monoisotopic (exact) mass is 255 g/mol. The molecular weight excluding hydrogens is 234 g/mol. The molecule has 2 N–H and O–H groups in total. The highest BCUT2D eigenvalue weighted by atomic mass is 16.5. The third-order valence-electron chi connectivity index (χ3n) is 3.41. The van der Waals surface area contributed by atoms with Gasteiger partial charge in [0.2, 0.25) is 0 Å². The van der Waals surface area contributed by atoms with E-state index >= 15 is 0 Å². The fourth-order valence-electron chi connectivity index (χ4n) is 2.12. The van der Waals surface area contributed by atoms with E-state index in [4.69, 9.17) is 10.5 Å². The summed E-state index contributed by atoms with van der Waals surface area (Å²) in [7, 11) is 0. The van der Waals surface area contributed by atoms with Gasteiger partial charge in [0, 0.05) is 6.04 Å². The molecule has 2 nitrogen and oxygen atoms in total. The molecule has 0 fully saturated rings. The lowest BCUT2D eigenvalue weighted by atomic mass is 10.0. The Balaban J connectivity index is 2.12. The molecular formula is C17H21NO. The van der Waals surface area contributed by atoms with Crippen molar-refractivity contribution in [3.05, 3.63) is 64.7 Å². The average Bonchev–Trinajstić information content (AvgIpc) is 2.38. The molecule has 2 aromatic rings. The van der Waals surface area contributed by atoms with Crippen molar-refractivity contribution in [3.8, 4) is 5.75 Å². The van der Waals surface area contributed by atoms with Crippen LogP contribution in [0.4, 0.5) is 0 Å². The maximum Gasteiger partial charge on any atom is 0.120 e. The van der Waals surface area contributed by atoms with E-state index in [1.165, 1.54) is 16.7 Å². The zero-order valence-electron chi connectivity index (χ0n) is 11.8. The van der Waals surface area contributed by atoms with Crippen LogP contribution < -0.4 is 10.5 Å². The number of ether oxygens (including phenoxy) is 1. The summed E-state index contributed by atoms with van der Waals surface area (Å²) in [6.45, 7) is 6.81. The molecule has 2 heteroatoms. The van der Waals surface area contributed by atoms with Gasteiger partial charge in [-0.15, -0.1) is 0 Å². The second-order valence-electron chi connectivity index (χ2n) is 5.02. The second-order valence-corrected chi connectivity index (χ2v) is 5.02. The Bertz CT molecular complexity index is 541. The zero-order valence-corrected chi connectivity index (χ0v) is 11.8. The molecule has 0 spiro atoms. The first-order valence-corrected chi connectivity index (χ1v) is 6.61. The Labute approximate surface area is 115 Å². The minimum Gasteiger partial charge on any atom is -0.489 e. The van der Waals surface area contributed by atoms with Gasteiger partial charge in [-0.1, -0.05) is 30.3 Å². The van der Waals surface area contributed by atoms with Crippen molar-refractivity contribution >= 4 is 0 Å². The molecule has 0 aromatic heterocycles. The van der Waals surface area contributed by atoms with Crippen LogP contribution in [0.15, 0.2) is 42.5 Å². The normalized spacial score (nSPS) is 12.2. The molecule has 0 radical (unpaired) electrons. The van der Waals surface area contributed by atoms with Crippen molar-refractivity contribution in [2.75, 3.05) is 0 Å². The number of benzene rings is 2. The van der Waals surface area contributed by atoms with E-state index in [0.717, 1.165) is 11.3 Å². The Kier molecular flexibility index (Phi) is 4.23. The van der Waals surface area contributed by atoms with E-state index < -0.39 is 0 Å². The fourth-order valence-corrected chi connectivity index (χ4v) is 2.12. The molecule has 100 valence electrons. The lowest BCUT2D eigenvalue weighted by Gasteiger charge is -2.13.